The number of H-pyrrole nitrogens is 1. The molecule has 172 valence electrons. The van der Waals surface area contributed by atoms with Gasteiger partial charge in [0.05, 0.1) is 26.0 Å². The molecular weight excluding hydrogens is 410 g/mol. The van der Waals surface area contributed by atoms with E-state index in [0.717, 1.165) is 49.4 Å². The molecule has 5 heteroatoms. The number of rotatable bonds is 8. The van der Waals surface area contributed by atoms with Crippen LogP contribution in [0.2, 0.25) is 0 Å². The molecule has 1 unspecified atom stereocenters. The van der Waals surface area contributed by atoms with E-state index < -0.39 is 0 Å². The second-order valence-corrected chi connectivity index (χ2v) is 8.95. The Kier molecular flexibility index (Phi) is 6.23. The first-order valence-electron chi connectivity index (χ1n) is 12.0. The molecule has 2 aliphatic heterocycles. The van der Waals surface area contributed by atoms with E-state index in [4.69, 9.17) is 14.5 Å². The summed E-state index contributed by atoms with van der Waals surface area (Å²) in [7, 11) is 3.43. The molecule has 0 aliphatic carbocycles. The molecule has 33 heavy (non-hydrogen) atoms. The van der Waals surface area contributed by atoms with Gasteiger partial charge < -0.3 is 14.5 Å². The van der Waals surface area contributed by atoms with E-state index in [1.54, 1.807) is 14.2 Å². The minimum atomic E-state index is 0.0435. The van der Waals surface area contributed by atoms with Gasteiger partial charge in [-0.05, 0) is 37.0 Å². The number of unbranched alkanes of at least 4 members (excludes halogenated alkanes) is 1. The number of nitrogens with zero attached hydrogens (tertiary/aromatic N) is 2. The highest BCUT2D eigenvalue weighted by Gasteiger charge is 2.34. The van der Waals surface area contributed by atoms with Crippen LogP contribution in [0.1, 0.15) is 55.5 Å². The Hall–Kier alpha value is -3.05. The molecule has 0 saturated carbocycles. The average Bonchev–Trinajstić information content (AvgIpc) is 3.46. The molecule has 0 bridgehead atoms. The Bertz CT molecular complexity index is 1210. The average molecular weight is 444 g/mol. The van der Waals surface area contributed by atoms with Crippen molar-refractivity contribution in [2.45, 2.75) is 45.1 Å². The van der Waals surface area contributed by atoms with Gasteiger partial charge in [0, 0.05) is 47.4 Å². The van der Waals surface area contributed by atoms with Gasteiger partial charge >= 0.3 is 0 Å². The van der Waals surface area contributed by atoms with E-state index in [9.17, 15) is 0 Å². The monoisotopic (exact) mass is 443 g/mol. The van der Waals surface area contributed by atoms with Gasteiger partial charge in [-0.15, -0.1) is 0 Å². The van der Waals surface area contributed by atoms with Crippen molar-refractivity contribution in [2.75, 3.05) is 27.3 Å². The summed E-state index contributed by atoms with van der Waals surface area (Å²) in [6.45, 7) is 4.04. The van der Waals surface area contributed by atoms with E-state index in [1.807, 2.05) is 6.07 Å². The maximum absolute atomic E-state index is 5.88. The minimum absolute atomic E-state index is 0.0435. The molecule has 0 spiro atoms. The number of benzene rings is 2. The highest BCUT2D eigenvalue weighted by Crippen LogP contribution is 2.44. The van der Waals surface area contributed by atoms with Crippen LogP contribution in [0, 0.1) is 0 Å². The van der Waals surface area contributed by atoms with Crippen molar-refractivity contribution in [1.29, 1.82) is 0 Å². The summed E-state index contributed by atoms with van der Waals surface area (Å²) >= 11 is 0. The lowest BCUT2D eigenvalue weighted by atomic mass is 9.91. The summed E-state index contributed by atoms with van der Waals surface area (Å²) in [4.78, 5) is 11.3. The lowest BCUT2D eigenvalue weighted by molar-refractivity contribution is 0.223. The van der Waals surface area contributed by atoms with Crippen LogP contribution in [0.25, 0.3) is 10.9 Å². The molecule has 0 amide bonds. The maximum Gasteiger partial charge on any atom is 0.165 e. The summed E-state index contributed by atoms with van der Waals surface area (Å²) in [6, 6.07) is 14.8. The van der Waals surface area contributed by atoms with E-state index in [-0.39, 0.29) is 6.04 Å². The van der Waals surface area contributed by atoms with Gasteiger partial charge in [-0.3, -0.25) is 9.89 Å². The summed E-state index contributed by atoms with van der Waals surface area (Å²) in [5, 5.41) is 1.32. The lowest BCUT2D eigenvalue weighted by Gasteiger charge is -2.36. The van der Waals surface area contributed by atoms with Crippen molar-refractivity contribution in [1.82, 2.24) is 9.88 Å². The van der Waals surface area contributed by atoms with Crippen molar-refractivity contribution in [3.63, 3.8) is 0 Å². The fourth-order valence-electron chi connectivity index (χ4n) is 5.32. The van der Waals surface area contributed by atoms with Crippen molar-refractivity contribution >= 4 is 16.6 Å². The number of fused-ring (bicyclic) bond motifs is 3. The van der Waals surface area contributed by atoms with Crippen LogP contribution in [0.4, 0.5) is 0 Å². The highest BCUT2D eigenvalue weighted by molar-refractivity contribution is 5.89. The van der Waals surface area contributed by atoms with Crippen molar-refractivity contribution in [3.8, 4) is 11.5 Å². The first-order chi connectivity index (χ1) is 16.2. The number of aromatic amines is 1. The molecule has 5 rings (SSSR count). The Labute approximate surface area is 196 Å². The third kappa shape index (κ3) is 4.06. The second-order valence-electron chi connectivity index (χ2n) is 8.95. The fraction of sp³-hybridized carbons (Fsp3) is 0.393. The number of hydrogen-bond acceptors (Lipinski definition) is 4. The number of aromatic nitrogens is 1. The summed E-state index contributed by atoms with van der Waals surface area (Å²) in [5.74, 6) is 1.56. The van der Waals surface area contributed by atoms with Crippen molar-refractivity contribution in [3.05, 3.63) is 71.1 Å². The molecule has 1 atom stereocenters. The van der Waals surface area contributed by atoms with Gasteiger partial charge in [0.15, 0.2) is 11.5 Å². The van der Waals surface area contributed by atoms with Gasteiger partial charge in [0.2, 0.25) is 0 Å². The van der Waals surface area contributed by atoms with E-state index >= 15 is 0 Å². The Morgan fingerprint density at radius 1 is 1.09 bits per heavy atom. The highest BCUT2D eigenvalue weighted by atomic mass is 16.5. The number of para-hydroxylation sites is 2. The Morgan fingerprint density at radius 2 is 1.97 bits per heavy atom. The molecule has 1 aromatic heterocycles. The van der Waals surface area contributed by atoms with Crippen molar-refractivity contribution < 1.29 is 9.47 Å². The van der Waals surface area contributed by atoms with Gasteiger partial charge in [-0.1, -0.05) is 49.8 Å². The van der Waals surface area contributed by atoms with Gasteiger partial charge in [0.25, 0.3) is 0 Å². The molecule has 3 heterocycles. The molecule has 0 fully saturated rings. The molecular formula is C28H33N3O2. The number of aliphatic imine (C=N–C) groups is 1. The number of ether oxygens (including phenoxy) is 2. The van der Waals surface area contributed by atoms with Crippen LogP contribution in [-0.4, -0.2) is 42.9 Å². The number of allylic oxidation sites excluding steroid dienone is 1. The zero-order valence-corrected chi connectivity index (χ0v) is 19.9. The SMILES string of the molecule is CCCCC1=NC(CN2CCc3c([nH]c4ccccc34)C2c2cccc(OC)c2OC)=CC1. The zero-order valence-electron chi connectivity index (χ0n) is 19.9. The molecule has 5 nitrogen and oxygen atoms in total. The van der Waals surface area contributed by atoms with Gasteiger partial charge in [-0.25, -0.2) is 0 Å². The van der Waals surface area contributed by atoms with Crippen LogP contribution < -0.4 is 9.47 Å². The third-order valence-corrected chi connectivity index (χ3v) is 6.92. The van der Waals surface area contributed by atoms with E-state index in [1.165, 1.54) is 46.4 Å². The summed E-state index contributed by atoms with van der Waals surface area (Å²) in [6.07, 6.45) is 7.85. The second kappa shape index (κ2) is 9.44. The van der Waals surface area contributed by atoms with E-state index in [2.05, 4.69) is 59.3 Å². The number of nitrogens with one attached hydrogen (secondary N) is 1. The molecule has 2 aromatic carbocycles. The standard InChI is InChI=1S/C28H33N3O2/c1-4-5-9-19-14-15-20(29-19)18-31-17-16-22-21-10-6-7-12-24(21)30-26(22)27(31)23-11-8-13-25(32-2)28(23)33-3/h6-8,10-13,15,27,30H,4-5,9,14,16-18H2,1-3H3. The van der Waals surface area contributed by atoms with Crippen LogP contribution in [0.15, 0.2) is 59.2 Å². The predicted octanol–water partition coefficient (Wildman–Crippen LogP) is 6.05. The molecule has 2 aliphatic rings. The first kappa shape index (κ1) is 21.8. The predicted molar refractivity (Wildman–Crippen MR) is 135 cm³/mol. The van der Waals surface area contributed by atoms with Crippen LogP contribution >= 0.6 is 0 Å². The van der Waals surface area contributed by atoms with Crippen LogP contribution in [0.3, 0.4) is 0 Å². The van der Waals surface area contributed by atoms with E-state index in [0.29, 0.717) is 0 Å². The third-order valence-electron chi connectivity index (χ3n) is 6.92. The number of methoxy groups -OCH3 is 2. The minimum Gasteiger partial charge on any atom is -0.493 e. The topological polar surface area (TPSA) is 49.9 Å². The summed E-state index contributed by atoms with van der Waals surface area (Å²) < 4.78 is 11.5. The quantitative estimate of drug-likeness (QED) is 0.461. The molecule has 1 N–H and O–H groups in total. The van der Waals surface area contributed by atoms with Crippen LogP contribution in [0.5, 0.6) is 11.5 Å². The Morgan fingerprint density at radius 3 is 2.79 bits per heavy atom. The molecule has 0 radical (unpaired) electrons. The fourth-order valence-corrected chi connectivity index (χ4v) is 5.32. The molecule has 0 saturated heterocycles. The Balaban J connectivity index is 1.56. The van der Waals surface area contributed by atoms with Crippen LogP contribution in [-0.2, 0) is 6.42 Å². The van der Waals surface area contributed by atoms with Gasteiger partial charge in [0.1, 0.15) is 0 Å². The number of hydrogen-bond donors (Lipinski definition) is 1. The molecule has 3 aromatic rings. The largest absolute Gasteiger partial charge is 0.493 e. The maximum atomic E-state index is 5.88. The first-order valence-corrected chi connectivity index (χ1v) is 12.0. The normalized spacial score (nSPS) is 18.2. The summed E-state index contributed by atoms with van der Waals surface area (Å²) in [5.41, 5.74) is 7.49. The van der Waals surface area contributed by atoms with Gasteiger partial charge in [-0.2, -0.15) is 0 Å². The zero-order chi connectivity index (χ0) is 22.8. The lowest BCUT2D eigenvalue weighted by Crippen LogP contribution is -2.37. The smallest absolute Gasteiger partial charge is 0.165 e. The van der Waals surface area contributed by atoms with Crippen molar-refractivity contribution in [2.24, 2.45) is 4.99 Å².